The van der Waals surface area contributed by atoms with E-state index in [1.54, 1.807) is 6.07 Å². The summed E-state index contributed by atoms with van der Waals surface area (Å²) in [5.74, 6) is -0.500. The molecule has 5 heteroatoms. The standard InChI is InChI=1S/C16H17FN2O2/c1-10-3-5-14(19-11(2)20)8-15(10)18-9-12-7-13(17)4-6-16(12)21/h3-8,18,21H,9H2,1-2H3,(H,19,20). The van der Waals surface area contributed by atoms with E-state index in [0.717, 1.165) is 11.3 Å². The Balaban J connectivity index is 2.15. The minimum Gasteiger partial charge on any atom is -0.508 e. The highest BCUT2D eigenvalue weighted by molar-refractivity contribution is 5.89. The first-order valence-electron chi connectivity index (χ1n) is 6.55. The van der Waals surface area contributed by atoms with E-state index in [1.807, 2.05) is 19.1 Å². The molecular formula is C16H17FN2O2. The van der Waals surface area contributed by atoms with Crippen molar-refractivity contribution in [3.8, 4) is 5.75 Å². The monoisotopic (exact) mass is 288 g/mol. The average Bonchev–Trinajstić information content (AvgIpc) is 2.42. The van der Waals surface area contributed by atoms with Crippen LogP contribution in [0.1, 0.15) is 18.1 Å². The summed E-state index contributed by atoms with van der Waals surface area (Å²) < 4.78 is 13.2. The molecule has 0 atom stereocenters. The van der Waals surface area contributed by atoms with Crippen molar-refractivity contribution < 1.29 is 14.3 Å². The van der Waals surface area contributed by atoms with Crippen LogP contribution >= 0.6 is 0 Å². The topological polar surface area (TPSA) is 61.4 Å². The molecule has 0 spiro atoms. The van der Waals surface area contributed by atoms with Crippen molar-refractivity contribution in [2.75, 3.05) is 10.6 Å². The predicted molar refractivity (Wildman–Crippen MR) is 80.9 cm³/mol. The van der Waals surface area contributed by atoms with Crippen molar-refractivity contribution in [1.29, 1.82) is 0 Å². The fourth-order valence-electron chi connectivity index (χ4n) is 1.98. The quantitative estimate of drug-likeness (QED) is 0.808. The molecular weight excluding hydrogens is 271 g/mol. The van der Waals surface area contributed by atoms with Crippen LogP contribution in [0.2, 0.25) is 0 Å². The molecule has 4 nitrogen and oxygen atoms in total. The van der Waals surface area contributed by atoms with Gasteiger partial charge in [0.25, 0.3) is 0 Å². The Morgan fingerprint density at radius 1 is 1.24 bits per heavy atom. The largest absolute Gasteiger partial charge is 0.508 e. The lowest BCUT2D eigenvalue weighted by Crippen LogP contribution is -2.07. The Bertz CT molecular complexity index is 671. The van der Waals surface area contributed by atoms with Crippen LogP contribution in [0.4, 0.5) is 15.8 Å². The number of aromatic hydroxyl groups is 1. The lowest BCUT2D eigenvalue weighted by atomic mass is 10.1. The number of benzene rings is 2. The fraction of sp³-hybridized carbons (Fsp3) is 0.188. The molecule has 1 amide bonds. The Kier molecular flexibility index (Phi) is 4.42. The van der Waals surface area contributed by atoms with Gasteiger partial charge in [0.15, 0.2) is 0 Å². The Morgan fingerprint density at radius 2 is 2.00 bits per heavy atom. The van der Waals surface area contributed by atoms with Gasteiger partial charge in [-0.25, -0.2) is 4.39 Å². The molecule has 0 saturated heterocycles. The molecule has 0 bridgehead atoms. The van der Waals surface area contributed by atoms with Crippen molar-refractivity contribution >= 4 is 17.3 Å². The van der Waals surface area contributed by atoms with Crippen LogP contribution in [0.25, 0.3) is 0 Å². The van der Waals surface area contributed by atoms with Crippen LogP contribution in [-0.2, 0) is 11.3 Å². The SMILES string of the molecule is CC(=O)Nc1ccc(C)c(NCc2cc(F)ccc2O)c1. The number of phenols is 1. The highest BCUT2D eigenvalue weighted by Gasteiger charge is 2.05. The molecule has 0 saturated carbocycles. The second kappa shape index (κ2) is 6.26. The number of rotatable bonds is 4. The molecule has 0 aliphatic carbocycles. The smallest absolute Gasteiger partial charge is 0.221 e. The summed E-state index contributed by atoms with van der Waals surface area (Å²) >= 11 is 0. The van der Waals surface area contributed by atoms with E-state index in [2.05, 4.69) is 10.6 Å². The molecule has 0 unspecified atom stereocenters. The van der Waals surface area contributed by atoms with Crippen LogP contribution < -0.4 is 10.6 Å². The van der Waals surface area contributed by atoms with Crippen LogP contribution in [0.5, 0.6) is 5.75 Å². The zero-order valence-corrected chi connectivity index (χ0v) is 11.9. The van der Waals surface area contributed by atoms with E-state index >= 15 is 0 Å². The first kappa shape index (κ1) is 14.8. The maximum atomic E-state index is 13.2. The van der Waals surface area contributed by atoms with Gasteiger partial charge in [0.2, 0.25) is 5.91 Å². The first-order valence-corrected chi connectivity index (χ1v) is 6.55. The van der Waals surface area contributed by atoms with Gasteiger partial charge in [0.05, 0.1) is 0 Å². The number of phenolic OH excluding ortho intramolecular Hbond substituents is 1. The number of aryl methyl sites for hydroxylation is 1. The van der Waals surface area contributed by atoms with E-state index in [4.69, 9.17) is 0 Å². The molecule has 0 aliphatic rings. The molecule has 0 aromatic heterocycles. The van der Waals surface area contributed by atoms with E-state index < -0.39 is 5.82 Å². The molecule has 0 heterocycles. The average molecular weight is 288 g/mol. The lowest BCUT2D eigenvalue weighted by Gasteiger charge is -2.13. The van der Waals surface area contributed by atoms with Crippen molar-refractivity contribution in [1.82, 2.24) is 0 Å². The second-order valence-electron chi connectivity index (χ2n) is 4.84. The molecule has 21 heavy (non-hydrogen) atoms. The van der Waals surface area contributed by atoms with Crippen LogP contribution in [0.3, 0.4) is 0 Å². The highest BCUT2D eigenvalue weighted by Crippen LogP contribution is 2.23. The second-order valence-corrected chi connectivity index (χ2v) is 4.84. The third-order valence-corrected chi connectivity index (χ3v) is 3.07. The van der Waals surface area contributed by atoms with Crippen LogP contribution in [0, 0.1) is 12.7 Å². The number of nitrogens with one attached hydrogen (secondary N) is 2. The minimum atomic E-state index is -0.395. The maximum absolute atomic E-state index is 13.2. The van der Waals surface area contributed by atoms with Gasteiger partial charge >= 0.3 is 0 Å². The normalized spacial score (nSPS) is 10.2. The van der Waals surface area contributed by atoms with Gasteiger partial charge in [-0.1, -0.05) is 6.07 Å². The van der Waals surface area contributed by atoms with Gasteiger partial charge in [-0.2, -0.15) is 0 Å². The molecule has 0 aliphatic heterocycles. The Hall–Kier alpha value is -2.56. The first-order chi connectivity index (χ1) is 9.95. The number of carbonyl (C=O) groups is 1. The van der Waals surface area contributed by atoms with Gasteiger partial charge in [0, 0.05) is 30.4 Å². The lowest BCUT2D eigenvalue weighted by molar-refractivity contribution is -0.114. The maximum Gasteiger partial charge on any atom is 0.221 e. The van der Waals surface area contributed by atoms with Gasteiger partial charge in [-0.3, -0.25) is 4.79 Å². The zero-order valence-electron chi connectivity index (χ0n) is 11.9. The number of anilines is 2. The molecule has 2 aromatic rings. The molecule has 2 rings (SSSR count). The summed E-state index contributed by atoms with van der Waals surface area (Å²) in [4.78, 5) is 11.1. The summed E-state index contributed by atoms with van der Waals surface area (Å²) in [5, 5.41) is 15.5. The van der Waals surface area contributed by atoms with Crippen LogP contribution in [-0.4, -0.2) is 11.0 Å². The molecule has 3 N–H and O–H groups in total. The molecule has 110 valence electrons. The number of amides is 1. The van der Waals surface area contributed by atoms with Gasteiger partial charge in [0.1, 0.15) is 11.6 Å². The third kappa shape index (κ3) is 3.95. The third-order valence-electron chi connectivity index (χ3n) is 3.07. The van der Waals surface area contributed by atoms with Crippen molar-refractivity contribution in [2.24, 2.45) is 0 Å². The predicted octanol–water partition coefficient (Wildman–Crippen LogP) is 3.41. The van der Waals surface area contributed by atoms with Gasteiger partial charge < -0.3 is 15.7 Å². The Labute approximate surface area is 122 Å². The summed E-state index contributed by atoms with van der Waals surface area (Å²) in [7, 11) is 0. The Morgan fingerprint density at radius 3 is 2.71 bits per heavy atom. The summed E-state index contributed by atoms with van der Waals surface area (Å²) in [6.45, 7) is 3.65. The zero-order chi connectivity index (χ0) is 15.4. The minimum absolute atomic E-state index is 0.0413. The number of halogens is 1. The number of hydrogen-bond acceptors (Lipinski definition) is 3. The highest BCUT2D eigenvalue weighted by atomic mass is 19.1. The molecule has 0 radical (unpaired) electrons. The number of hydrogen-bond donors (Lipinski definition) is 3. The summed E-state index contributed by atoms with van der Waals surface area (Å²) in [6, 6.07) is 9.30. The van der Waals surface area contributed by atoms with E-state index in [1.165, 1.54) is 25.1 Å². The van der Waals surface area contributed by atoms with Crippen molar-refractivity contribution in [2.45, 2.75) is 20.4 Å². The number of carbonyl (C=O) groups excluding carboxylic acids is 1. The van der Waals surface area contributed by atoms with Crippen molar-refractivity contribution in [3.05, 3.63) is 53.3 Å². The van der Waals surface area contributed by atoms with E-state index in [0.29, 0.717) is 11.3 Å². The summed E-state index contributed by atoms with van der Waals surface area (Å²) in [6.07, 6.45) is 0. The van der Waals surface area contributed by atoms with Gasteiger partial charge in [-0.05, 0) is 42.8 Å². The van der Waals surface area contributed by atoms with E-state index in [9.17, 15) is 14.3 Å². The van der Waals surface area contributed by atoms with Crippen LogP contribution in [0.15, 0.2) is 36.4 Å². The fourth-order valence-corrected chi connectivity index (χ4v) is 1.98. The molecule has 2 aromatic carbocycles. The molecule has 0 fully saturated rings. The van der Waals surface area contributed by atoms with Crippen molar-refractivity contribution in [3.63, 3.8) is 0 Å². The van der Waals surface area contributed by atoms with Gasteiger partial charge in [-0.15, -0.1) is 0 Å². The van der Waals surface area contributed by atoms with E-state index in [-0.39, 0.29) is 18.2 Å². The summed E-state index contributed by atoms with van der Waals surface area (Å²) in [5.41, 5.74) is 2.95.